The number of methoxy groups -OCH3 is 1. The van der Waals surface area contributed by atoms with Crippen molar-refractivity contribution in [2.75, 3.05) is 18.3 Å². The Kier molecular flexibility index (Phi) is 4.78. The van der Waals surface area contributed by atoms with Gasteiger partial charge < -0.3 is 10.1 Å². The first kappa shape index (κ1) is 11.4. The summed E-state index contributed by atoms with van der Waals surface area (Å²) in [5, 5.41) is 11.4. The van der Waals surface area contributed by atoms with Crippen molar-refractivity contribution in [1.82, 2.24) is 10.2 Å². The van der Waals surface area contributed by atoms with Crippen molar-refractivity contribution in [3.8, 4) is 0 Å². The molecule has 0 aliphatic carbocycles. The van der Waals surface area contributed by atoms with Crippen LogP contribution in [0.5, 0.6) is 0 Å². The summed E-state index contributed by atoms with van der Waals surface area (Å²) in [6, 6.07) is 0. The van der Waals surface area contributed by atoms with Gasteiger partial charge in [0.05, 0.1) is 0 Å². The zero-order chi connectivity index (χ0) is 10.4. The van der Waals surface area contributed by atoms with Gasteiger partial charge in [0.25, 0.3) is 0 Å². The summed E-state index contributed by atoms with van der Waals surface area (Å²) in [5.41, 5.74) is 0. The average Bonchev–Trinajstić information content (AvgIpc) is 2.53. The largest absolute Gasteiger partial charge is 0.377 e. The lowest BCUT2D eigenvalue weighted by Gasteiger charge is -1.96. The maximum Gasteiger partial charge on any atom is 0.227 e. The van der Waals surface area contributed by atoms with Gasteiger partial charge >= 0.3 is 0 Å². The Morgan fingerprint density at radius 3 is 3.07 bits per heavy atom. The van der Waals surface area contributed by atoms with E-state index in [9.17, 15) is 4.79 Å². The van der Waals surface area contributed by atoms with Gasteiger partial charge in [0.1, 0.15) is 11.6 Å². The minimum Gasteiger partial charge on any atom is -0.377 e. The van der Waals surface area contributed by atoms with Crippen LogP contribution in [0.1, 0.15) is 11.4 Å². The van der Waals surface area contributed by atoms with Crippen molar-refractivity contribution in [1.29, 1.82) is 0 Å². The third-order valence-electron chi connectivity index (χ3n) is 1.30. The minimum atomic E-state index is -0.153. The Balaban J connectivity index is 2.46. The Bertz CT molecular complexity index is 305. The van der Waals surface area contributed by atoms with E-state index < -0.39 is 0 Å². The van der Waals surface area contributed by atoms with Gasteiger partial charge in [-0.3, -0.25) is 4.79 Å². The Morgan fingerprint density at radius 2 is 2.43 bits per heavy atom. The highest BCUT2D eigenvalue weighted by atomic mass is 35.5. The number of ether oxygens (including phenoxy) is 1. The van der Waals surface area contributed by atoms with E-state index >= 15 is 0 Å². The summed E-state index contributed by atoms with van der Waals surface area (Å²) in [6.07, 6.45) is 0.279. The number of amides is 1. The monoisotopic (exact) mass is 235 g/mol. The van der Waals surface area contributed by atoms with E-state index in [1.54, 1.807) is 7.11 Å². The molecule has 78 valence electrons. The molecule has 1 aromatic heterocycles. The molecule has 0 aliphatic heterocycles. The van der Waals surface area contributed by atoms with E-state index in [-0.39, 0.29) is 12.3 Å². The van der Waals surface area contributed by atoms with Crippen LogP contribution in [0, 0.1) is 0 Å². The molecule has 0 atom stereocenters. The van der Waals surface area contributed by atoms with Crippen molar-refractivity contribution in [2.45, 2.75) is 13.0 Å². The Hall–Kier alpha value is -0.720. The maximum atomic E-state index is 11.1. The predicted molar refractivity (Wildman–Crippen MR) is 54.6 cm³/mol. The van der Waals surface area contributed by atoms with E-state index in [0.717, 1.165) is 5.01 Å². The first-order chi connectivity index (χ1) is 6.76. The van der Waals surface area contributed by atoms with Crippen LogP contribution in [0.4, 0.5) is 5.13 Å². The number of aromatic nitrogens is 2. The standard InChI is InChI=1S/C7H10ClN3O2S/c1-13-4-6-10-11-7(14-6)9-5(12)2-3-8/h2-4H2,1H3,(H,9,11,12). The second kappa shape index (κ2) is 5.90. The van der Waals surface area contributed by atoms with Gasteiger partial charge in [-0.2, -0.15) is 0 Å². The number of rotatable bonds is 5. The summed E-state index contributed by atoms with van der Waals surface area (Å²) in [5.74, 6) is 0.148. The number of carbonyl (C=O) groups excluding carboxylic acids is 1. The van der Waals surface area contributed by atoms with Crippen LogP contribution < -0.4 is 5.32 Å². The fourth-order valence-electron chi connectivity index (χ4n) is 0.754. The highest BCUT2D eigenvalue weighted by Gasteiger charge is 2.06. The van der Waals surface area contributed by atoms with E-state index in [1.165, 1.54) is 11.3 Å². The van der Waals surface area contributed by atoms with E-state index in [1.807, 2.05) is 0 Å². The van der Waals surface area contributed by atoms with Gasteiger partial charge in [-0.05, 0) is 0 Å². The molecule has 7 heteroatoms. The van der Waals surface area contributed by atoms with Gasteiger partial charge in [-0.15, -0.1) is 21.8 Å². The molecular weight excluding hydrogens is 226 g/mol. The van der Waals surface area contributed by atoms with Crippen LogP contribution in [-0.4, -0.2) is 29.1 Å². The van der Waals surface area contributed by atoms with Gasteiger partial charge in [0.2, 0.25) is 11.0 Å². The number of alkyl halides is 1. The van der Waals surface area contributed by atoms with E-state index in [2.05, 4.69) is 15.5 Å². The minimum absolute atomic E-state index is 0.153. The lowest BCUT2D eigenvalue weighted by atomic mass is 10.5. The highest BCUT2D eigenvalue weighted by Crippen LogP contribution is 2.15. The summed E-state index contributed by atoms with van der Waals surface area (Å²) < 4.78 is 4.87. The molecule has 5 nitrogen and oxygen atoms in total. The molecule has 1 aromatic rings. The first-order valence-electron chi connectivity index (χ1n) is 3.93. The van der Waals surface area contributed by atoms with E-state index in [4.69, 9.17) is 16.3 Å². The van der Waals surface area contributed by atoms with Crippen LogP contribution in [0.25, 0.3) is 0 Å². The van der Waals surface area contributed by atoms with Crippen molar-refractivity contribution in [2.24, 2.45) is 0 Å². The van der Waals surface area contributed by atoms with Crippen molar-refractivity contribution in [3.05, 3.63) is 5.01 Å². The smallest absolute Gasteiger partial charge is 0.227 e. The summed E-state index contributed by atoms with van der Waals surface area (Å²) in [4.78, 5) is 11.1. The normalized spacial score (nSPS) is 10.1. The fraction of sp³-hybridized carbons (Fsp3) is 0.571. The molecule has 1 amide bonds. The number of hydrogen-bond donors (Lipinski definition) is 1. The third kappa shape index (κ3) is 3.57. The van der Waals surface area contributed by atoms with Crippen LogP contribution in [0.3, 0.4) is 0 Å². The molecule has 1 rings (SSSR count). The van der Waals surface area contributed by atoms with Gasteiger partial charge in [-0.1, -0.05) is 11.3 Å². The van der Waals surface area contributed by atoms with Crippen molar-refractivity contribution >= 4 is 34.0 Å². The molecule has 14 heavy (non-hydrogen) atoms. The zero-order valence-electron chi connectivity index (χ0n) is 7.62. The molecule has 0 bridgehead atoms. The number of nitrogens with zero attached hydrogens (tertiary/aromatic N) is 2. The molecular formula is C7H10ClN3O2S. The molecule has 0 unspecified atom stereocenters. The molecule has 0 aromatic carbocycles. The quantitative estimate of drug-likeness (QED) is 0.781. The molecule has 0 saturated heterocycles. The lowest BCUT2D eigenvalue weighted by molar-refractivity contribution is -0.115. The summed E-state index contributed by atoms with van der Waals surface area (Å²) in [7, 11) is 1.58. The maximum absolute atomic E-state index is 11.1. The molecule has 0 saturated carbocycles. The third-order valence-corrected chi connectivity index (χ3v) is 2.30. The zero-order valence-corrected chi connectivity index (χ0v) is 9.19. The van der Waals surface area contributed by atoms with Crippen LogP contribution >= 0.6 is 22.9 Å². The van der Waals surface area contributed by atoms with Gasteiger partial charge in [0, 0.05) is 19.4 Å². The number of anilines is 1. The lowest BCUT2D eigenvalue weighted by Crippen LogP contribution is -2.11. The van der Waals surface area contributed by atoms with Crippen molar-refractivity contribution in [3.63, 3.8) is 0 Å². The molecule has 1 N–H and O–H groups in total. The summed E-state index contributed by atoms with van der Waals surface area (Å²) >= 11 is 6.69. The van der Waals surface area contributed by atoms with Gasteiger partial charge in [0.15, 0.2) is 0 Å². The first-order valence-corrected chi connectivity index (χ1v) is 5.28. The molecule has 0 aliphatic rings. The van der Waals surface area contributed by atoms with Crippen LogP contribution in [-0.2, 0) is 16.1 Å². The number of carbonyl (C=O) groups is 1. The Labute approximate surface area is 90.4 Å². The van der Waals surface area contributed by atoms with Gasteiger partial charge in [-0.25, -0.2) is 0 Å². The number of nitrogens with one attached hydrogen (secondary N) is 1. The topological polar surface area (TPSA) is 64.1 Å². The predicted octanol–water partition coefficient (Wildman–Crippen LogP) is 1.25. The van der Waals surface area contributed by atoms with Crippen LogP contribution in [0.2, 0.25) is 0 Å². The average molecular weight is 236 g/mol. The van der Waals surface area contributed by atoms with Crippen LogP contribution in [0.15, 0.2) is 0 Å². The SMILES string of the molecule is COCc1nnc(NC(=O)CCCl)s1. The molecule has 0 spiro atoms. The number of halogens is 1. The highest BCUT2D eigenvalue weighted by molar-refractivity contribution is 7.15. The number of hydrogen-bond acceptors (Lipinski definition) is 5. The molecule has 0 radical (unpaired) electrons. The molecule has 1 heterocycles. The molecule has 0 fully saturated rings. The van der Waals surface area contributed by atoms with Crippen molar-refractivity contribution < 1.29 is 9.53 Å². The second-order valence-electron chi connectivity index (χ2n) is 2.42. The Morgan fingerprint density at radius 1 is 1.64 bits per heavy atom. The second-order valence-corrected chi connectivity index (χ2v) is 3.86. The van der Waals surface area contributed by atoms with E-state index in [0.29, 0.717) is 17.6 Å². The fourth-order valence-corrected chi connectivity index (χ4v) is 1.65. The summed E-state index contributed by atoms with van der Waals surface area (Å²) in [6.45, 7) is 0.406.